The quantitative estimate of drug-likeness (QED) is 0.563. The summed E-state index contributed by atoms with van der Waals surface area (Å²) in [7, 11) is 7.33. The lowest BCUT2D eigenvalue weighted by atomic mass is 10.4. The highest BCUT2D eigenvalue weighted by atomic mass is 16.2. The highest BCUT2D eigenvalue weighted by Crippen LogP contribution is 1.84. The third-order valence-corrected chi connectivity index (χ3v) is 1.27. The van der Waals surface area contributed by atoms with Gasteiger partial charge in [-0.2, -0.15) is 0 Å². The second-order valence-corrected chi connectivity index (χ2v) is 2.84. The van der Waals surface area contributed by atoms with E-state index in [4.69, 9.17) is 0 Å². The summed E-state index contributed by atoms with van der Waals surface area (Å²) in [4.78, 5) is 12.6. The topological polar surface area (TPSA) is 35.6 Å². The summed E-state index contributed by atoms with van der Waals surface area (Å²) in [5.41, 5.74) is 3.02. The van der Waals surface area contributed by atoms with Crippen LogP contribution in [0.1, 0.15) is 6.42 Å². The number of hydrazine groups is 1. The highest BCUT2D eigenvalue weighted by molar-refractivity contribution is 5.75. The van der Waals surface area contributed by atoms with E-state index < -0.39 is 0 Å². The fourth-order valence-electron chi connectivity index (χ4n) is 0.610. The van der Waals surface area contributed by atoms with E-state index in [1.54, 1.807) is 19.0 Å². The Morgan fingerprint density at radius 1 is 1.27 bits per heavy atom. The van der Waals surface area contributed by atoms with Gasteiger partial charge < -0.3 is 4.90 Å². The number of hydrogen-bond acceptors (Lipinski definition) is 3. The van der Waals surface area contributed by atoms with Crippen LogP contribution in [0.3, 0.4) is 0 Å². The van der Waals surface area contributed by atoms with Crippen LogP contribution < -0.4 is 5.43 Å². The van der Waals surface area contributed by atoms with E-state index >= 15 is 0 Å². The zero-order valence-corrected chi connectivity index (χ0v) is 7.72. The fourth-order valence-corrected chi connectivity index (χ4v) is 0.610. The summed E-state index contributed by atoms with van der Waals surface area (Å²) in [6.07, 6.45) is 0.547. The van der Waals surface area contributed by atoms with Gasteiger partial charge in [-0.25, -0.2) is 0 Å². The summed E-state index contributed by atoms with van der Waals surface area (Å²) < 4.78 is 0. The number of nitrogens with one attached hydrogen (secondary N) is 1. The third kappa shape index (κ3) is 5.82. The second kappa shape index (κ2) is 5.09. The zero-order valence-electron chi connectivity index (χ0n) is 7.72. The summed E-state index contributed by atoms with van der Waals surface area (Å²) in [6, 6.07) is 0. The summed E-state index contributed by atoms with van der Waals surface area (Å²) >= 11 is 0. The largest absolute Gasteiger partial charge is 0.349 e. The van der Waals surface area contributed by atoms with E-state index in [1.165, 1.54) is 0 Å². The molecule has 4 heteroatoms. The van der Waals surface area contributed by atoms with Crippen LogP contribution in [0.4, 0.5) is 0 Å². The average Bonchev–Trinajstić information content (AvgIpc) is 1.86. The van der Waals surface area contributed by atoms with Gasteiger partial charge in [-0.05, 0) is 0 Å². The van der Waals surface area contributed by atoms with E-state index in [0.29, 0.717) is 13.0 Å². The maximum atomic E-state index is 11.0. The first-order chi connectivity index (χ1) is 5.04. The lowest BCUT2D eigenvalue weighted by molar-refractivity contribution is -0.128. The van der Waals surface area contributed by atoms with Crippen molar-refractivity contribution in [2.75, 3.05) is 34.7 Å². The molecule has 0 unspecified atom stereocenters. The molecule has 0 spiro atoms. The van der Waals surface area contributed by atoms with Gasteiger partial charge in [-0.1, -0.05) is 0 Å². The predicted molar refractivity (Wildman–Crippen MR) is 45.0 cm³/mol. The number of nitrogens with zero attached hydrogens (tertiary/aromatic N) is 2. The normalized spacial score (nSPS) is 10.3. The maximum Gasteiger partial charge on any atom is 0.223 e. The summed E-state index contributed by atoms with van der Waals surface area (Å²) in [5.74, 6) is 0.152. The van der Waals surface area contributed by atoms with E-state index in [9.17, 15) is 4.79 Å². The molecule has 1 N–H and O–H groups in total. The Morgan fingerprint density at radius 2 is 1.82 bits per heavy atom. The van der Waals surface area contributed by atoms with Gasteiger partial charge in [0.15, 0.2) is 0 Å². The Labute approximate surface area is 68.1 Å². The van der Waals surface area contributed by atoms with Gasteiger partial charge in [0.25, 0.3) is 0 Å². The van der Waals surface area contributed by atoms with Crippen LogP contribution in [0.25, 0.3) is 0 Å². The molecule has 0 aliphatic heterocycles. The molecule has 11 heavy (non-hydrogen) atoms. The van der Waals surface area contributed by atoms with Crippen molar-refractivity contribution < 1.29 is 4.79 Å². The molecule has 0 bridgehead atoms. The minimum absolute atomic E-state index is 0.152. The molecule has 0 heterocycles. The lowest BCUT2D eigenvalue weighted by Gasteiger charge is -2.13. The molecule has 0 aromatic carbocycles. The molecule has 1 amide bonds. The molecule has 0 saturated carbocycles. The van der Waals surface area contributed by atoms with Crippen molar-refractivity contribution in [1.82, 2.24) is 15.3 Å². The number of carbonyl (C=O) groups excluding carboxylic acids is 1. The minimum Gasteiger partial charge on any atom is -0.349 e. The van der Waals surface area contributed by atoms with Crippen LogP contribution in [0, 0.1) is 0 Å². The third-order valence-electron chi connectivity index (χ3n) is 1.27. The van der Waals surface area contributed by atoms with Crippen molar-refractivity contribution in [2.45, 2.75) is 6.42 Å². The number of amides is 1. The predicted octanol–water partition coefficient (Wildman–Crippen LogP) is -0.469. The van der Waals surface area contributed by atoms with Crippen LogP contribution in [0.5, 0.6) is 0 Å². The van der Waals surface area contributed by atoms with Gasteiger partial charge in [0, 0.05) is 41.2 Å². The van der Waals surface area contributed by atoms with Gasteiger partial charge >= 0.3 is 0 Å². The first kappa shape index (κ1) is 10.4. The highest BCUT2D eigenvalue weighted by Gasteiger charge is 2.01. The molecule has 0 aromatic rings. The van der Waals surface area contributed by atoms with Gasteiger partial charge in [0.2, 0.25) is 5.91 Å². The molecule has 0 saturated heterocycles. The molecular formula is C7H17N3O. The van der Waals surface area contributed by atoms with Crippen LogP contribution in [0.15, 0.2) is 0 Å². The van der Waals surface area contributed by atoms with Crippen LogP contribution in [-0.4, -0.2) is 50.6 Å². The first-order valence-corrected chi connectivity index (χ1v) is 3.65. The average molecular weight is 159 g/mol. The second-order valence-electron chi connectivity index (χ2n) is 2.84. The fraction of sp³-hybridized carbons (Fsp3) is 0.857. The van der Waals surface area contributed by atoms with Crippen LogP contribution in [0.2, 0.25) is 0 Å². The van der Waals surface area contributed by atoms with Crippen molar-refractivity contribution in [3.8, 4) is 0 Å². The van der Waals surface area contributed by atoms with Crippen molar-refractivity contribution in [2.24, 2.45) is 0 Å². The Morgan fingerprint density at radius 3 is 2.18 bits per heavy atom. The number of rotatable bonds is 4. The lowest BCUT2D eigenvalue weighted by Crippen LogP contribution is -2.34. The van der Waals surface area contributed by atoms with E-state index in [-0.39, 0.29) is 5.91 Å². The zero-order chi connectivity index (χ0) is 8.85. The smallest absolute Gasteiger partial charge is 0.223 e. The molecule has 0 aliphatic rings. The molecule has 0 radical (unpaired) electrons. The SMILES string of the molecule is CN(C)NCCC(=O)N(C)C. The molecule has 0 aromatic heterocycles. The monoisotopic (exact) mass is 159 g/mol. The first-order valence-electron chi connectivity index (χ1n) is 3.65. The molecule has 0 fully saturated rings. The van der Waals surface area contributed by atoms with Crippen LogP contribution in [-0.2, 0) is 4.79 Å². The van der Waals surface area contributed by atoms with Gasteiger partial charge in [0.1, 0.15) is 0 Å². The molecular weight excluding hydrogens is 142 g/mol. The summed E-state index contributed by atoms with van der Waals surface area (Å²) in [6.45, 7) is 0.698. The van der Waals surface area contributed by atoms with E-state index in [0.717, 1.165) is 0 Å². The summed E-state index contributed by atoms with van der Waals surface area (Å²) in [5, 5.41) is 1.84. The number of hydrogen-bond donors (Lipinski definition) is 1. The Bertz CT molecular complexity index is 123. The van der Waals surface area contributed by atoms with Gasteiger partial charge in [-0.3, -0.25) is 15.2 Å². The van der Waals surface area contributed by atoms with E-state index in [1.807, 2.05) is 19.1 Å². The molecule has 0 atom stereocenters. The van der Waals surface area contributed by atoms with Crippen molar-refractivity contribution in [3.63, 3.8) is 0 Å². The maximum absolute atomic E-state index is 11.0. The van der Waals surface area contributed by atoms with Gasteiger partial charge in [0.05, 0.1) is 0 Å². The Balaban J connectivity index is 3.32. The van der Waals surface area contributed by atoms with Crippen LogP contribution >= 0.6 is 0 Å². The number of carbonyl (C=O) groups is 1. The minimum atomic E-state index is 0.152. The van der Waals surface area contributed by atoms with Crippen molar-refractivity contribution in [1.29, 1.82) is 0 Å². The van der Waals surface area contributed by atoms with Crippen molar-refractivity contribution in [3.05, 3.63) is 0 Å². The molecule has 0 aliphatic carbocycles. The molecule has 4 nitrogen and oxygen atoms in total. The standard InChI is InChI=1S/C7H17N3O/c1-9(2)7(11)5-6-8-10(3)4/h8H,5-6H2,1-4H3. The van der Waals surface area contributed by atoms with Crippen molar-refractivity contribution >= 4 is 5.91 Å². The Kier molecular flexibility index (Phi) is 4.81. The molecule has 66 valence electrons. The Hall–Kier alpha value is -0.610. The van der Waals surface area contributed by atoms with Gasteiger partial charge in [-0.15, -0.1) is 0 Å². The van der Waals surface area contributed by atoms with E-state index in [2.05, 4.69) is 5.43 Å². The molecule has 0 rings (SSSR count).